The molecule has 0 saturated carbocycles. The van der Waals surface area contributed by atoms with Crippen LogP contribution in [0.2, 0.25) is 0 Å². The molecule has 1 atom stereocenters. The minimum absolute atomic E-state index is 0.163. The standard InChI is InChI=1S/C22H18FIN2O3/c1-28-19-10-3-13(11-20(19)29-2)21-25-18-9-6-15(24)12-17(18)22(27)26(21)16-7-4-14(23)5-8-16/h3-12,21,25H,1-2H3/t21-/m1/s1. The van der Waals surface area contributed by atoms with Crippen LogP contribution in [0.3, 0.4) is 0 Å². The molecule has 0 aliphatic carbocycles. The van der Waals surface area contributed by atoms with E-state index in [0.29, 0.717) is 22.7 Å². The van der Waals surface area contributed by atoms with Crippen LogP contribution in [-0.4, -0.2) is 20.1 Å². The Morgan fingerprint density at radius 1 is 0.966 bits per heavy atom. The Kier molecular flexibility index (Phi) is 5.31. The molecule has 1 heterocycles. The van der Waals surface area contributed by atoms with E-state index in [9.17, 15) is 9.18 Å². The quantitative estimate of drug-likeness (QED) is 0.496. The van der Waals surface area contributed by atoms with Gasteiger partial charge in [-0.2, -0.15) is 0 Å². The molecule has 4 rings (SSSR count). The molecular formula is C22H18FIN2O3. The molecule has 0 spiro atoms. The van der Waals surface area contributed by atoms with E-state index in [1.807, 2.05) is 30.3 Å². The first kappa shape index (κ1) is 19.5. The van der Waals surface area contributed by atoms with Crippen LogP contribution < -0.4 is 19.7 Å². The lowest BCUT2D eigenvalue weighted by Crippen LogP contribution is -2.43. The van der Waals surface area contributed by atoms with Crippen molar-refractivity contribution in [2.75, 3.05) is 24.4 Å². The lowest BCUT2D eigenvalue weighted by Gasteiger charge is -2.38. The average molecular weight is 504 g/mol. The van der Waals surface area contributed by atoms with Crippen molar-refractivity contribution in [3.8, 4) is 11.5 Å². The highest BCUT2D eigenvalue weighted by atomic mass is 127. The molecule has 3 aromatic rings. The molecule has 0 unspecified atom stereocenters. The molecule has 1 aliphatic heterocycles. The highest BCUT2D eigenvalue weighted by molar-refractivity contribution is 14.1. The molecule has 0 aromatic heterocycles. The van der Waals surface area contributed by atoms with Gasteiger partial charge in [-0.1, -0.05) is 6.07 Å². The Morgan fingerprint density at radius 2 is 1.69 bits per heavy atom. The van der Waals surface area contributed by atoms with Crippen LogP contribution >= 0.6 is 22.6 Å². The fourth-order valence-corrected chi connectivity index (χ4v) is 3.89. The lowest BCUT2D eigenvalue weighted by molar-refractivity contribution is 0.0974. The number of carbonyl (C=O) groups is 1. The Morgan fingerprint density at radius 3 is 2.38 bits per heavy atom. The van der Waals surface area contributed by atoms with Crippen LogP contribution in [0.1, 0.15) is 22.1 Å². The number of fused-ring (bicyclic) bond motifs is 1. The lowest BCUT2D eigenvalue weighted by atomic mass is 10.0. The highest BCUT2D eigenvalue weighted by Crippen LogP contribution is 2.39. The van der Waals surface area contributed by atoms with Crippen LogP contribution in [0.4, 0.5) is 15.8 Å². The number of amides is 1. The van der Waals surface area contributed by atoms with Gasteiger partial charge in [0.25, 0.3) is 5.91 Å². The van der Waals surface area contributed by atoms with Gasteiger partial charge in [0.15, 0.2) is 11.5 Å². The third kappa shape index (κ3) is 3.62. The molecule has 5 nitrogen and oxygen atoms in total. The van der Waals surface area contributed by atoms with Crippen molar-refractivity contribution < 1.29 is 18.7 Å². The van der Waals surface area contributed by atoms with Gasteiger partial charge in [0, 0.05) is 14.9 Å². The van der Waals surface area contributed by atoms with Crippen LogP contribution in [0.15, 0.2) is 60.7 Å². The second-order valence-electron chi connectivity index (χ2n) is 6.50. The summed E-state index contributed by atoms with van der Waals surface area (Å²) in [5.74, 6) is 0.640. The first-order valence-electron chi connectivity index (χ1n) is 8.89. The van der Waals surface area contributed by atoms with Crippen molar-refractivity contribution in [2.45, 2.75) is 6.17 Å². The molecule has 3 aromatic carbocycles. The van der Waals surface area contributed by atoms with Gasteiger partial charge < -0.3 is 14.8 Å². The molecular weight excluding hydrogens is 486 g/mol. The molecule has 0 saturated heterocycles. The fourth-order valence-electron chi connectivity index (χ4n) is 3.40. The van der Waals surface area contributed by atoms with Crippen molar-refractivity contribution >= 4 is 39.9 Å². The number of hydrogen-bond acceptors (Lipinski definition) is 4. The summed E-state index contributed by atoms with van der Waals surface area (Å²) in [5, 5.41) is 3.43. The Bertz CT molecular complexity index is 1070. The van der Waals surface area contributed by atoms with Gasteiger partial charge in [-0.3, -0.25) is 9.69 Å². The number of carbonyl (C=O) groups excluding carboxylic acids is 1. The van der Waals surface area contributed by atoms with Gasteiger partial charge in [-0.25, -0.2) is 4.39 Å². The minimum Gasteiger partial charge on any atom is -0.493 e. The largest absolute Gasteiger partial charge is 0.493 e. The minimum atomic E-state index is -0.500. The molecule has 0 fully saturated rings. The van der Waals surface area contributed by atoms with Gasteiger partial charge in [0.05, 0.1) is 19.8 Å². The zero-order chi connectivity index (χ0) is 20.5. The topological polar surface area (TPSA) is 50.8 Å². The van der Waals surface area contributed by atoms with Gasteiger partial charge in [-0.15, -0.1) is 0 Å². The third-order valence-corrected chi connectivity index (χ3v) is 5.48. The average Bonchev–Trinajstić information content (AvgIpc) is 2.74. The Balaban J connectivity index is 1.86. The van der Waals surface area contributed by atoms with Crippen LogP contribution in [0.5, 0.6) is 11.5 Å². The van der Waals surface area contributed by atoms with E-state index >= 15 is 0 Å². The van der Waals surface area contributed by atoms with Crippen molar-refractivity contribution in [1.29, 1.82) is 0 Å². The molecule has 29 heavy (non-hydrogen) atoms. The number of methoxy groups -OCH3 is 2. The zero-order valence-corrected chi connectivity index (χ0v) is 17.9. The molecule has 7 heteroatoms. The predicted octanol–water partition coefficient (Wildman–Crippen LogP) is 5.22. The van der Waals surface area contributed by atoms with Crippen LogP contribution in [0, 0.1) is 9.39 Å². The van der Waals surface area contributed by atoms with Gasteiger partial charge in [0.2, 0.25) is 0 Å². The summed E-state index contributed by atoms with van der Waals surface area (Å²) in [4.78, 5) is 15.1. The van der Waals surface area contributed by atoms with E-state index < -0.39 is 6.17 Å². The van der Waals surface area contributed by atoms with Crippen LogP contribution in [-0.2, 0) is 0 Å². The summed E-state index contributed by atoms with van der Waals surface area (Å²) in [6.45, 7) is 0. The van der Waals surface area contributed by atoms with Gasteiger partial charge in [-0.05, 0) is 82.8 Å². The summed E-state index contributed by atoms with van der Waals surface area (Å²) >= 11 is 2.18. The fraction of sp³-hybridized carbons (Fsp3) is 0.136. The number of anilines is 2. The number of rotatable bonds is 4. The normalized spacial score (nSPS) is 15.5. The second-order valence-corrected chi connectivity index (χ2v) is 7.75. The molecule has 1 N–H and O–H groups in total. The summed E-state index contributed by atoms with van der Waals surface area (Å²) in [7, 11) is 3.14. The molecule has 0 radical (unpaired) electrons. The second kappa shape index (κ2) is 7.90. The van der Waals surface area contributed by atoms with Gasteiger partial charge in [0.1, 0.15) is 12.0 Å². The molecule has 1 amide bonds. The maximum atomic E-state index is 13.5. The molecule has 148 valence electrons. The van der Waals surface area contributed by atoms with Crippen LogP contribution in [0.25, 0.3) is 0 Å². The Labute approximate surface area is 181 Å². The van der Waals surface area contributed by atoms with E-state index in [-0.39, 0.29) is 11.7 Å². The number of halogens is 2. The smallest absolute Gasteiger partial charge is 0.262 e. The summed E-state index contributed by atoms with van der Waals surface area (Å²) in [6, 6.07) is 17.1. The first-order chi connectivity index (χ1) is 14.0. The Hall–Kier alpha value is -2.81. The first-order valence-corrected chi connectivity index (χ1v) is 9.97. The van der Waals surface area contributed by atoms with Crippen molar-refractivity contribution in [1.82, 2.24) is 0 Å². The maximum absolute atomic E-state index is 13.5. The number of ether oxygens (including phenoxy) is 2. The summed E-state index contributed by atoms with van der Waals surface area (Å²) in [5.41, 5.74) is 2.71. The van der Waals surface area contributed by atoms with E-state index in [2.05, 4.69) is 27.9 Å². The summed E-state index contributed by atoms with van der Waals surface area (Å²) < 4.78 is 25.2. The van der Waals surface area contributed by atoms with E-state index in [4.69, 9.17) is 9.47 Å². The van der Waals surface area contributed by atoms with E-state index in [0.717, 1.165) is 14.8 Å². The van der Waals surface area contributed by atoms with E-state index in [1.165, 1.54) is 12.1 Å². The molecule has 0 bridgehead atoms. The highest BCUT2D eigenvalue weighted by Gasteiger charge is 2.34. The molecule has 1 aliphatic rings. The number of benzene rings is 3. The van der Waals surface area contributed by atoms with Crippen molar-refractivity contribution in [3.63, 3.8) is 0 Å². The summed E-state index contributed by atoms with van der Waals surface area (Å²) in [6.07, 6.45) is -0.500. The number of nitrogens with one attached hydrogen (secondary N) is 1. The predicted molar refractivity (Wildman–Crippen MR) is 118 cm³/mol. The van der Waals surface area contributed by atoms with Gasteiger partial charge >= 0.3 is 0 Å². The monoisotopic (exact) mass is 504 g/mol. The number of hydrogen-bond donors (Lipinski definition) is 1. The zero-order valence-electron chi connectivity index (χ0n) is 15.8. The third-order valence-electron chi connectivity index (χ3n) is 4.81. The maximum Gasteiger partial charge on any atom is 0.262 e. The number of nitrogens with zero attached hydrogens (tertiary/aromatic N) is 1. The SMILES string of the molecule is COc1ccc([C@@H]2Nc3ccc(I)cc3C(=O)N2c2ccc(F)cc2)cc1OC. The van der Waals surface area contributed by atoms with Crippen molar-refractivity contribution in [2.24, 2.45) is 0 Å². The van der Waals surface area contributed by atoms with Crippen molar-refractivity contribution in [3.05, 3.63) is 81.2 Å². The van der Waals surface area contributed by atoms with E-state index in [1.54, 1.807) is 37.3 Å².